The summed E-state index contributed by atoms with van der Waals surface area (Å²) in [6, 6.07) is 0. The van der Waals surface area contributed by atoms with Crippen LogP contribution in [-0.2, 0) is 11.3 Å². The van der Waals surface area contributed by atoms with Gasteiger partial charge in [-0.05, 0) is 25.2 Å². The van der Waals surface area contributed by atoms with Gasteiger partial charge < -0.3 is 10.1 Å². The van der Waals surface area contributed by atoms with Gasteiger partial charge in [-0.3, -0.25) is 0 Å². The van der Waals surface area contributed by atoms with Gasteiger partial charge in [0.15, 0.2) is 0 Å². The largest absolute Gasteiger partial charge is 0.381 e. The van der Waals surface area contributed by atoms with Gasteiger partial charge in [0.05, 0.1) is 12.3 Å². The van der Waals surface area contributed by atoms with E-state index < -0.39 is 0 Å². The van der Waals surface area contributed by atoms with Crippen LogP contribution in [0.1, 0.15) is 35.9 Å². The van der Waals surface area contributed by atoms with Crippen LogP contribution in [0.15, 0.2) is 5.38 Å². The molecule has 1 aromatic rings. The summed E-state index contributed by atoms with van der Waals surface area (Å²) in [7, 11) is 0. The molecule has 1 aliphatic heterocycles. The number of hydrogen-bond acceptors (Lipinski definition) is 4. The van der Waals surface area contributed by atoms with Gasteiger partial charge in [-0.1, -0.05) is 0 Å². The predicted molar refractivity (Wildman–Crippen MR) is 64.7 cm³/mol. The Morgan fingerprint density at radius 2 is 2.38 bits per heavy atom. The fourth-order valence-corrected chi connectivity index (χ4v) is 2.95. The second-order valence-electron chi connectivity index (χ2n) is 4.80. The van der Waals surface area contributed by atoms with E-state index in [4.69, 9.17) is 4.74 Å². The van der Waals surface area contributed by atoms with E-state index in [1.165, 1.54) is 30.0 Å². The molecule has 3 rings (SSSR count). The van der Waals surface area contributed by atoms with Crippen molar-refractivity contribution in [1.82, 2.24) is 10.3 Å². The average molecular weight is 238 g/mol. The summed E-state index contributed by atoms with van der Waals surface area (Å²) in [6.45, 7) is 3.86. The van der Waals surface area contributed by atoms with E-state index in [1.807, 2.05) is 0 Å². The standard InChI is InChI=1S/C12H18N2OS/c1-2-10(1)11-8-16-12(14-11)6-13-5-9-3-4-15-7-9/h8-10,13H,1-7H2. The third-order valence-electron chi connectivity index (χ3n) is 3.30. The van der Waals surface area contributed by atoms with Crippen molar-refractivity contribution in [1.29, 1.82) is 0 Å². The molecule has 1 aromatic heterocycles. The van der Waals surface area contributed by atoms with E-state index in [9.17, 15) is 0 Å². The summed E-state index contributed by atoms with van der Waals surface area (Å²) < 4.78 is 5.35. The lowest BCUT2D eigenvalue weighted by Crippen LogP contribution is -2.22. The molecule has 0 radical (unpaired) electrons. The van der Waals surface area contributed by atoms with Crippen LogP contribution in [0.2, 0.25) is 0 Å². The lowest BCUT2D eigenvalue weighted by atomic mass is 10.1. The van der Waals surface area contributed by atoms with E-state index in [2.05, 4.69) is 15.7 Å². The Morgan fingerprint density at radius 3 is 3.12 bits per heavy atom. The first-order valence-corrected chi connectivity index (χ1v) is 7.02. The smallest absolute Gasteiger partial charge is 0.107 e. The Hall–Kier alpha value is -0.450. The quantitative estimate of drug-likeness (QED) is 0.853. The van der Waals surface area contributed by atoms with Gasteiger partial charge >= 0.3 is 0 Å². The van der Waals surface area contributed by atoms with Crippen LogP contribution in [0.4, 0.5) is 0 Å². The van der Waals surface area contributed by atoms with E-state index in [0.29, 0.717) is 5.92 Å². The molecule has 4 heteroatoms. The number of thiazole rings is 1. The van der Waals surface area contributed by atoms with Crippen molar-refractivity contribution in [3.05, 3.63) is 16.1 Å². The molecule has 16 heavy (non-hydrogen) atoms. The lowest BCUT2D eigenvalue weighted by molar-refractivity contribution is 0.185. The highest BCUT2D eigenvalue weighted by Gasteiger charge is 2.25. The Labute approximate surface area is 100 Å². The second-order valence-corrected chi connectivity index (χ2v) is 5.74. The van der Waals surface area contributed by atoms with Crippen molar-refractivity contribution in [2.45, 2.75) is 31.7 Å². The van der Waals surface area contributed by atoms with E-state index >= 15 is 0 Å². The first kappa shape index (κ1) is 10.7. The Balaban J connectivity index is 1.42. The molecule has 0 bridgehead atoms. The molecule has 1 saturated heterocycles. The number of rotatable bonds is 5. The van der Waals surface area contributed by atoms with Crippen LogP contribution in [0.5, 0.6) is 0 Å². The zero-order chi connectivity index (χ0) is 10.8. The minimum absolute atomic E-state index is 0.711. The van der Waals surface area contributed by atoms with Gasteiger partial charge in [0.1, 0.15) is 5.01 Å². The molecule has 2 aliphatic rings. The van der Waals surface area contributed by atoms with Crippen LogP contribution >= 0.6 is 11.3 Å². The average Bonchev–Trinajstić information content (AvgIpc) is 2.83. The highest BCUT2D eigenvalue weighted by Crippen LogP contribution is 2.40. The molecule has 0 aromatic carbocycles. The predicted octanol–water partition coefficient (Wildman–Crippen LogP) is 2.15. The molecule has 2 heterocycles. The molecule has 1 atom stereocenters. The van der Waals surface area contributed by atoms with E-state index in [0.717, 1.165) is 32.2 Å². The Kier molecular flexibility index (Phi) is 3.22. The summed E-state index contributed by atoms with van der Waals surface area (Å²) in [6.07, 6.45) is 3.89. The summed E-state index contributed by atoms with van der Waals surface area (Å²) in [4.78, 5) is 4.66. The van der Waals surface area contributed by atoms with Gasteiger partial charge in [0.2, 0.25) is 0 Å². The zero-order valence-corrected chi connectivity index (χ0v) is 10.3. The van der Waals surface area contributed by atoms with Gasteiger partial charge in [0, 0.05) is 31.0 Å². The highest BCUT2D eigenvalue weighted by molar-refractivity contribution is 7.09. The van der Waals surface area contributed by atoms with Gasteiger partial charge in [0.25, 0.3) is 0 Å². The van der Waals surface area contributed by atoms with Gasteiger partial charge in [-0.25, -0.2) is 4.98 Å². The normalized spacial score (nSPS) is 25.1. The molecule has 1 unspecified atom stereocenters. The van der Waals surface area contributed by atoms with Crippen molar-refractivity contribution >= 4 is 11.3 Å². The van der Waals surface area contributed by atoms with Gasteiger partial charge in [-0.15, -0.1) is 11.3 Å². The highest BCUT2D eigenvalue weighted by atomic mass is 32.1. The summed E-state index contributed by atoms with van der Waals surface area (Å²) in [5.41, 5.74) is 1.32. The summed E-state index contributed by atoms with van der Waals surface area (Å²) in [5, 5.41) is 6.95. The van der Waals surface area contributed by atoms with Crippen molar-refractivity contribution in [2.24, 2.45) is 5.92 Å². The molecular weight excluding hydrogens is 220 g/mol. The maximum atomic E-state index is 5.35. The first-order chi connectivity index (χ1) is 7.92. The second kappa shape index (κ2) is 4.82. The maximum absolute atomic E-state index is 5.35. The molecular formula is C12H18N2OS. The molecule has 1 saturated carbocycles. The van der Waals surface area contributed by atoms with Crippen molar-refractivity contribution < 1.29 is 4.74 Å². The lowest BCUT2D eigenvalue weighted by Gasteiger charge is -2.07. The fourth-order valence-electron chi connectivity index (χ4n) is 2.10. The topological polar surface area (TPSA) is 34.1 Å². The maximum Gasteiger partial charge on any atom is 0.107 e. The first-order valence-electron chi connectivity index (χ1n) is 6.14. The number of aromatic nitrogens is 1. The number of nitrogens with one attached hydrogen (secondary N) is 1. The van der Waals surface area contributed by atoms with Crippen molar-refractivity contribution in [3.63, 3.8) is 0 Å². The summed E-state index contributed by atoms with van der Waals surface area (Å²) in [5.74, 6) is 1.50. The minimum atomic E-state index is 0.711. The zero-order valence-electron chi connectivity index (χ0n) is 9.45. The van der Waals surface area contributed by atoms with Crippen molar-refractivity contribution in [3.8, 4) is 0 Å². The fraction of sp³-hybridized carbons (Fsp3) is 0.750. The molecule has 3 nitrogen and oxygen atoms in total. The van der Waals surface area contributed by atoms with Crippen LogP contribution < -0.4 is 5.32 Å². The third kappa shape index (κ3) is 2.62. The third-order valence-corrected chi connectivity index (χ3v) is 4.17. The number of ether oxygens (including phenoxy) is 1. The van der Waals surface area contributed by atoms with Gasteiger partial charge in [-0.2, -0.15) is 0 Å². The van der Waals surface area contributed by atoms with E-state index in [-0.39, 0.29) is 0 Å². The molecule has 88 valence electrons. The SMILES string of the molecule is c1sc(CNCC2CCOC2)nc1C1CC1. The van der Waals surface area contributed by atoms with Crippen LogP contribution in [0, 0.1) is 5.92 Å². The summed E-state index contributed by atoms with van der Waals surface area (Å²) >= 11 is 1.80. The van der Waals surface area contributed by atoms with Crippen LogP contribution in [0.25, 0.3) is 0 Å². The van der Waals surface area contributed by atoms with E-state index in [1.54, 1.807) is 11.3 Å². The molecule has 0 spiro atoms. The number of nitrogens with zero attached hydrogens (tertiary/aromatic N) is 1. The Bertz CT molecular complexity index is 343. The van der Waals surface area contributed by atoms with Crippen molar-refractivity contribution in [2.75, 3.05) is 19.8 Å². The minimum Gasteiger partial charge on any atom is -0.381 e. The molecule has 2 fully saturated rings. The number of hydrogen-bond donors (Lipinski definition) is 1. The van der Waals surface area contributed by atoms with Crippen LogP contribution in [-0.4, -0.2) is 24.7 Å². The molecule has 0 amide bonds. The monoisotopic (exact) mass is 238 g/mol. The van der Waals surface area contributed by atoms with Crippen LogP contribution in [0.3, 0.4) is 0 Å². The molecule has 1 N–H and O–H groups in total. The molecule has 1 aliphatic carbocycles. The Morgan fingerprint density at radius 1 is 1.44 bits per heavy atom.